The summed E-state index contributed by atoms with van der Waals surface area (Å²) in [5.41, 5.74) is -1.08. The van der Waals surface area contributed by atoms with Gasteiger partial charge in [-0.05, 0) is 18.2 Å². The molecule has 3 aromatic rings. The van der Waals surface area contributed by atoms with Crippen molar-refractivity contribution in [3.63, 3.8) is 0 Å². The minimum absolute atomic E-state index is 0.0106. The van der Waals surface area contributed by atoms with Crippen molar-refractivity contribution in [3.05, 3.63) is 56.7 Å². The fraction of sp³-hybridized carbons (Fsp3) is 0.125. The summed E-state index contributed by atoms with van der Waals surface area (Å²) >= 11 is 3.17. The zero-order valence-corrected chi connectivity index (χ0v) is 14.9. The molecule has 3 rings (SSSR count). The molecule has 8 nitrogen and oxygen atoms in total. The fourth-order valence-corrected chi connectivity index (χ4v) is 2.66. The SMILES string of the molecule is N#Cc1cnc(NC(=O)Cn2nc(C(F)F)c3cc(Br)ccc3c2=O)nc1. The van der Waals surface area contributed by atoms with Crippen molar-refractivity contribution < 1.29 is 13.6 Å². The number of nitrogens with one attached hydrogen (secondary N) is 1. The minimum atomic E-state index is -2.93. The molecule has 1 amide bonds. The molecule has 0 bridgehead atoms. The summed E-state index contributed by atoms with van der Waals surface area (Å²) in [7, 11) is 0. The first-order valence-electron chi connectivity index (χ1n) is 7.39. The lowest BCUT2D eigenvalue weighted by Gasteiger charge is -2.11. The van der Waals surface area contributed by atoms with Gasteiger partial charge in [0.25, 0.3) is 12.0 Å². The van der Waals surface area contributed by atoms with E-state index in [1.165, 1.54) is 30.6 Å². The Bertz CT molecular complexity index is 1120. The monoisotopic (exact) mass is 434 g/mol. The Morgan fingerprint density at radius 2 is 2.00 bits per heavy atom. The van der Waals surface area contributed by atoms with Crippen LogP contribution in [0, 0.1) is 11.3 Å². The van der Waals surface area contributed by atoms with Crippen molar-refractivity contribution in [2.24, 2.45) is 0 Å². The van der Waals surface area contributed by atoms with Gasteiger partial charge in [-0.15, -0.1) is 0 Å². The number of carbonyl (C=O) groups is 1. The maximum atomic E-state index is 13.4. The van der Waals surface area contributed by atoms with E-state index in [4.69, 9.17) is 5.26 Å². The first kappa shape index (κ1) is 18.5. The Labute approximate surface area is 158 Å². The van der Waals surface area contributed by atoms with Gasteiger partial charge in [-0.2, -0.15) is 10.4 Å². The number of fused-ring (bicyclic) bond motifs is 1. The Hall–Kier alpha value is -3.26. The van der Waals surface area contributed by atoms with Crippen LogP contribution in [0.25, 0.3) is 10.8 Å². The van der Waals surface area contributed by atoms with E-state index in [9.17, 15) is 18.4 Å². The molecule has 0 atom stereocenters. The first-order chi connectivity index (χ1) is 12.9. The normalized spacial score (nSPS) is 10.8. The molecular weight excluding hydrogens is 426 g/mol. The molecule has 0 saturated carbocycles. The van der Waals surface area contributed by atoms with Crippen LogP contribution in [-0.4, -0.2) is 25.7 Å². The van der Waals surface area contributed by atoms with Crippen molar-refractivity contribution in [1.82, 2.24) is 19.7 Å². The van der Waals surface area contributed by atoms with Crippen LogP contribution in [0.4, 0.5) is 14.7 Å². The molecule has 0 aliphatic carbocycles. The molecule has 11 heteroatoms. The number of aromatic nitrogens is 4. The predicted molar refractivity (Wildman–Crippen MR) is 94.0 cm³/mol. The van der Waals surface area contributed by atoms with Crippen LogP contribution in [0.1, 0.15) is 17.7 Å². The summed E-state index contributed by atoms with van der Waals surface area (Å²) in [6.07, 6.45) is -0.524. The van der Waals surface area contributed by atoms with E-state index < -0.39 is 30.1 Å². The summed E-state index contributed by atoms with van der Waals surface area (Å²) < 4.78 is 27.9. The minimum Gasteiger partial charge on any atom is -0.293 e. The Morgan fingerprint density at radius 3 is 2.63 bits per heavy atom. The van der Waals surface area contributed by atoms with Gasteiger partial charge >= 0.3 is 0 Å². The van der Waals surface area contributed by atoms with Gasteiger partial charge in [0, 0.05) is 9.86 Å². The van der Waals surface area contributed by atoms with Crippen LogP contribution in [0.3, 0.4) is 0 Å². The number of halogens is 3. The van der Waals surface area contributed by atoms with Crippen LogP contribution in [-0.2, 0) is 11.3 Å². The van der Waals surface area contributed by atoms with Gasteiger partial charge in [0.1, 0.15) is 18.3 Å². The summed E-state index contributed by atoms with van der Waals surface area (Å²) in [6, 6.07) is 6.12. The largest absolute Gasteiger partial charge is 0.293 e. The average molecular weight is 435 g/mol. The number of nitrogens with zero attached hydrogens (tertiary/aromatic N) is 5. The molecule has 0 saturated heterocycles. The van der Waals surface area contributed by atoms with E-state index >= 15 is 0 Å². The molecule has 0 unspecified atom stereocenters. The quantitative estimate of drug-likeness (QED) is 0.674. The highest BCUT2D eigenvalue weighted by atomic mass is 79.9. The van der Waals surface area contributed by atoms with Gasteiger partial charge in [-0.25, -0.2) is 23.4 Å². The third-order valence-electron chi connectivity index (χ3n) is 3.48. The number of alkyl halides is 2. The average Bonchev–Trinajstić information content (AvgIpc) is 2.64. The van der Waals surface area contributed by atoms with E-state index in [-0.39, 0.29) is 22.3 Å². The Kier molecular flexibility index (Phi) is 5.18. The van der Waals surface area contributed by atoms with Gasteiger partial charge in [0.2, 0.25) is 11.9 Å². The maximum absolute atomic E-state index is 13.4. The molecule has 0 spiro atoms. The molecular formula is C16H9BrF2N6O2. The highest BCUT2D eigenvalue weighted by molar-refractivity contribution is 9.10. The Balaban J connectivity index is 1.93. The van der Waals surface area contributed by atoms with Crippen LogP contribution in [0.2, 0.25) is 0 Å². The van der Waals surface area contributed by atoms with Crippen molar-refractivity contribution >= 4 is 38.6 Å². The van der Waals surface area contributed by atoms with E-state index in [0.717, 1.165) is 0 Å². The molecule has 0 aliphatic heterocycles. The number of hydrogen-bond acceptors (Lipinski definition) is 6. The molecule has 1 aromatic carbocycles. The number of amides is 1. The molecule has 1 N–H and O–H groups in total. The number of benzene rings is 1. The number of carbonyl (C=O) groups excluding carboxylic acids is 1. The second-order valence-electron chi connectivity index (χ2n) is 5.29. The standard InChI is InChI=1S/C16H9BrF2N6O2/c17-9-1-2-10-11(3-9)13(14(18)19)24-25(15(10)27)7-12(26)23-16-21-5-8(4-20)6-22-16/h1-3,5-6,14H,7H2,(H,21,22,23,26). The summed E-state index contributed by atoms with van der Waals surface area (Å²) in [5.74, 6) is -0.822. The van der Waals surface area contributed by atoms with E-state index in [0.29, 0.717) is 9.15 Å². The Morgan fingerprint density at radius 1 is 1.30 bits per heavy atom. The summed E-state index contributed by atoms with van der Waals surface area (Å²) in [5, 5.41) is 14.7. The molecule has 2 heterocycles. The van der Waals surface area contributed by atoms with Crippen LogP contribution in [0.5, 0.6) is 0 Å². The zero-order chi connectivity index (χ0) is 19.6. The maximum Gasteiger partial charge on any atom is 0.282 e. The van der Waals surface area contributed by atoms with Crippen molar-refractivity contribution in [1.29, 1.82) is 5.26 Å². The number of nitriles is 1. The molecule has 0 radical (unpaired) electrons. The number of hydrogen-bond donors (Lipinski definition) is 1. The second-order valence-corrected chi connectivity index (χ2v) is 6.21. The highest BCUT2D eigenvalue weighted by Crippen LogP contribution is 2.26. The van der Waals surface area contributed by atoms with E-state index in [1.807, 2.05) is 6.07 Å². The fourth-order valence-electron chi connectivity index (χ4n) is 2.30. The summed E-state index contributed by atoms with van der Waals surface area (Å²) in [6.45, 7) is -0.603. The second kappa shape index (κ2) is 7.55. The molecule has 2 aromatic heterocycles. The van der Waals surface area contributed by atoms with Crippen LogP contribution < -0.4 is 10.9 Å². The van der Waals surface area contributed by atoms with Crippen LogP contribution in [0.15, 0.2) is 39.9 Å². The van der Waals surface area contributed by atoms with Gasteiger partial charge in [0.05, 0.1) is 23.3 Å². The molecule has 27 heavy (non-hydrogen) atoms. The third kappa shape index (κ3) is 3.95. The molecule has 0 fully saturated rings. The molecule has 136 valence electrons. The van der Waals surface area contributed by atoms with Crippen molar-refractivity contribution in [2.75, 3.05) is 5.32 Å². The smallest absolute Gasteiger partial charge is 0.282 e. The van der Waals surface area contributed by atoms with Gasteiger partial charge in [0.15, 0.2) is 0 Å². The van der Waals surface area contributed by atoms with E-state index in [1.54, 1.807) is 0 Å². The number of rotatable bonds is 4. The van der Waals surface area contributed by atoms with E-state index in [2.05, 4.69) is 36.3 Å². The molecule has 0 aliphatic rings. The topological polar surface area (TPSA) is 114 Å². The lowest BCUT2D eigenvalue weighted by Crippen LogP contribution is -2.31. The van der Waals surface area contributed by atoms with Crippen LogP contribution >= 0.6 is 15.9 Å². The third-order valence-corrected chi connectivity index (χ3v) is 3.98. The highest BCUT2D eigenvalue weighted by Gasteiger charge is 2.19. The van der Waals surface area contributed by atoms with Crippen molar-refractivity contribution in [2.45, 2.75) is 13.0 Å². The first-order valence-corrected chi connectivity index (χ1v) is 8.18. The van der Waals surface area contributed by atoms with Crippen molar-refractivity contribution in [3.8, 4) is 6.07 Å². The number of anilines is 1. The van der Waals surface area contributed by atoms with Gasteiger partial charge in [-0.1, -0.05) is 15.9 Å². The lowest BCUT2D eigenvalue weighted by atomic mass is 10.1. The lowest BCUT2D eigenvalue weighted by molar-refractivity contribution is -0.117. The summed E-state index contributed by atoms with van der Waals surface area (Å²) in [4.78, 5) is 32.1. The van der Waals surface area contributed by atoms with Gasteiger partial charge in [-0.3, -0.25) is 14.9 Å². The predicted octanol–water partition coefficient (Wildman–Crippen LogP) is 2.40. The van der Waals surface area contributed by atoms with Gasteiger partial charge < -0.3 is 0 Å². The zero-order valence-electron chi connectivity index (χ0n) is 13.4.